The average Bonchev–Trinajstić information content (AvgIpc) is 2.60. The summed E-state index contributed by atoms with van der Waals surface area (Å²) in [5.41, 5.74) is 0. The molecule has 2 aliphatic rings. The monoisotopic (exact) mass is 318 g/mol. The Kier molecular flexibility index (Phi) is 9.04. The van der Waals surface area contributed by atoms with Crippen LogP contribution in [0.5, 0.6) is 0 Å². The second-order valence-corrected chi connectivity index (χ2v) is 7.88. The summed E-state index contributed by atoms with van der Waals surface area (Å²) in [6.45, 7) is 6.72. The molecule has 0 atom stereocenters. The molecule has 1 heteroatoms. The Morgan fingerprint density at radius 2 is 1.35 bits per heavy atom. The van der Waals surface area contributed by atoms with Gasteiger partial charge in [0.25, 0.3) is 0 Å². The average molecular weight is 319 g/mol. The molecule has 0 bridgehead atoms. The van der Waals surface area contributed by atoms with Gasteiger partial charge in [-0.3, -0.25) is 0 Å². The van der Waals surface area contributed by atoms with Gasteiger partial charge in [-0.05, 0) is 63.2 Å². The zero-order valence-electron chi connectivity index (χ0n) is 15.3. The topological polar surface area (TPSA) is 9.23 Å². The van der Waals surface area contributed by atoms with Gasteiger partial charge in [0.1, 0.15) is 0 Å². The van der Waals surface area contributed by atoms with E-state index in [-0.39, 0.29) is 0 Å². The molecule has 0 unspecified atom stereocenters. The van der Waals surface area contributed by atoms with Gasteiger partial charge >= 0.3 is 0 Å². The molecular formula is C22H38O. The van der Waals surface area contributed by atoms with Crippen LogP contribution in [0.1, 0.15) is 84.0 Å². The van der Waals surface area contributed by atoms with Gasteiger partial charge in [0.15, 0.2) is 0 Å². The Morgan fingerprint density at radius 1 is 0.826 bits per heavy atom. The standard InChI is InChI=1S/C22H38O/c1-3-5-7-19-8-10-20(11-9-19)12-13-21-14-16-22(17-15-21)23-18-6-4-2/h3-4,6,19-22H,1,5,7-18H2,2H3/b6-4+. The molecule has 0 saturated heterocycles. The van der Waals surface area contributed by atoms with E-state index >= 15 is 0 Å². The van der Waals surface area contributed by atoms with Crippen LogP contribution in [0.15, 0.2) is 24.8 Å². The first-order valence-corrected chi connectivity index (χ1v) is 10.2. The van der Waals surface area contributed by atoms with Crippen LogP contribution in [0.3, 0.4) is 0 Å². The minimum absolute atomic E-state index is 0.530. The summed E-state index contributed by atoms with van der Waals surface area (Å²) < 4.78 is 5.92. The highest BCUT2D eigenvalue weighted by molar-refractivity contribution is 4.80. The summed E-state index contributed by atoms with van der Waals surface area (Å²) in [5.74, 6) is 3.00. The van der Waals surface area contributed by atoms with Crippen molar-refractivity contribution >= 4 is 0 Å². The molecule has 0 heterocycles. The second-order valence-electron chi connectivity index (χ2n) is 7.88. The molecule has 0 N–H and O–H groups in total. The third-order valence-electron chi connectivity index (χ3n) is 6.19. The predicted molar refractivity (Wildman–Crippen MR) is 101 cm³/mol. The summed E-state index contributed by atoms with van der Waals surface area (Å²) in [7, 11) is 0. The molecule has 2 fully saturated rings. The smallest absolute Gasteiger partial charge is 0.0651 e. The van der Waals surface area contributed by atoms with Crippen molar-refractivity contribution in [2.24, 2.45) is 17.8 Å². The fraction of sp³-hybridized carbons (Fsp3) is 0.818. The maximum absolute atomic E-state index is 5.92. The van der Waals surface area contributed by atoms with Gasteiger partial charge in [0, 0.05) is 0 Å². The number of hydrogen-bond donors (Lipinski definition) is 0. The van der Waals surface area contributed by atoms with Gasteiger partial charge in [-0.25, -0.2) is 0 Å². The van der Waals surface area contributed by atoms with Crippen LogP contribution in [0.25, 0.3) is 0 Å². The van der Waals surface area contributed by atoms with E-state index in [1.165, 1.54) is 77.0 Å². The van der Waals surface area contributed by atoms with E-state index in [4.69, 9.17) is 4.74 Å². The van der Waals surface area contributed by atoms with Gasteiger partial charge in [0.2, 0.25) is 0 Å². The second kappa shape index (κ2) is 11.1. The predicted octanol–water partition coefficient (Wildman–Crippen LogP) is 6.69. The highest BCUT2D eigenvalue weighted by Gasteiger charge is 2.24. The van der Waals surface area contributed by atoms with E-state index in [0.29, 0.717) is 6.10 Å². The van der Waals surface area contributed by atoms with Crippen molar-refractivity contribution in [1.82, 2.24) is 0 Å². The molecule has 0 aromatic rings. The molecule has 132 valence electrons. The highest BCUT2D eigenvalue weighted by atomic mass is 16.5. The maximum atomic E-state index is 5.92. The molecule has 0 aromatic heterocycles. The van der Waals surface area contributed by atoms with Crippen LogP contribution in [0, 0.1) is 17.8 Å². The molecule has 2 aliphatic carbocycles. The van der Waals surface area contributed by atoms with Crippen LogP contribution >= 0.6 is 0 Å². The largest absolute Gasteiger partial charge is 0.374 e. The molecule has 23 heavy (non-hydrogen) atoms. The SMILES string of the molecule is C=CCCC1CCC(CCC2CCC(OC/C=C/C)CC2)CC1. The number of ether oxygens (including phenoxy) is 1. The van der Waals surface area contributed by atoms with E-state index in [1.807, 2.05) is 0 Å². The molecule has 2 saturated carbocycles. The normalized spacial score (nSPS) is 32.2. The Balaban J connectivity index is 1.53. The van der Waals surface area contributed by atoms with Crippen LogP contribution in [-0.2, 0) is 4.74 Å². The molecule has 1 nitrogen and oxygen atoms in total. The maximum Gasteiger partial charge on any atom is 0.0651 e. The van der Waals surface area contributed by atoms with Crippen molar-refractivity contribution < 1.29 is 4.74 Å². The Labute approximate surface area is 144 Å². The third-order valence-corrected chi connectivity index (χ3v) is 6.19. The summed E-state index contributed by atoms with van der Waals surface area (Å²) in [4.78, 5) is 0. The van der Waals surface area contributed by atoms with Crippen molar-refractivity contribution in [3.05, 3.63) is 24.8 Å². The first-order chi connectivity index (χ1) is 11.3. The number of rotatable bonds is 9. The highest BCUT2D eigenvalue weighted by Crippen LogP contribution is 2.37. The lowest BCUT2D eigenvalue weighted by Crippen LogP contribution is -2.22. The zero-order valence-corrected chi connectivity index (χ0v) is 15.3. The Bertz CT molecular complexity index is 330. The Morgan fingerprint density at radius 3 is 1.87 bits per heavy atom. The van der Waals surface area contributed by atoms with E-state index < -0.39 is 0 Å². The summed E-state index contributed by atoms with van der Waals surface area (Å²) >= 11 is 0. The molecule has 0 aliphatic heterocycles. The van der Waals surface area contributed by atoms with Gasteiger partial charge < -0.3 is 4.74 Å². The summed E-state index contributed by atoms with van der Waals surface area (Å²) in [5, 5.41) is 0. The molecule has 2 rings (SSSR count). The van der Waals surface area contributed by atoms with Crippen LogP contribution < -0.4 is 0 Å². The first kappa shape index (κ1) is 18.8. The summed E-state index contributed by atoms with van der Waals surface area (Å²) in [6.07, 6.45) is 23.7. The molecule has 0 spiro atoms. The Hall–Kier alpha value is -0.560. The van der Waals surface area contributed by atoms with E-state index in [9.17, 15) is 0 Å². The van der Waals surface area contributed by atoms with Gasteiger partial charge in [-0.2, -0.15) is 0 Å². The zero-order chi connectivity index (χ0) is 16.3. The lowest BCUT2D eigenvalue weighted by Gasteiger charge is -2.32. The van der Waals surface area contributed by atoms with Crippen molar-refractivity contribution in [3.8, 4) is 0 Å². The van der Waals surface area contributed by atoms with Crippen molar-refractivity contribution in [3.63, 3.8) is 0 Å². The number of allylic oxidation sites excluding steroid dienone is 2. The van der Waals surface area contributed by atoms with Crippen LogP contribution in [0.2, 0.25) is 0 Å². The lowest BCUT2D eigenvalue weighted by atomic mass is 9.76. The molecular weight excluding hydrogens is 280 g/mol. The molecule has 0 aromatic carbocycles. The van der Waals surface area contributed by atoms with Crippen LogP contribution in [-0.4, -0.2) is 12.7 Å². The minimum atomic E-state index is 0.530. The third kappa shape index (κ3) is 7.25. The van der Waals surface area contributed by atoms with Gasteiger partial charge in [-0.1, -0.05) is 56.8 Å². The molecule has 0 amide bonds. The van der Waals surface area contributed by atoms with E-state index in [2.05, 4.69) is 31.7 Å². The van der Waals surface area contributed by atoms with Crippen molar-refractivity contribution in [2.45, 2.75) is 90.1 Å². The van der Waals surface area contributed by atoms with Crippen molar-refractivity contribution in [1.29, 1.82) is 0 Å². The molecule has 0 radical (unpaired) electrons. The lowest BCUT2D eigenvalue weighted by molar-refractivity contribution is 0.0325. The van der Waals surface area contributed by atoms with Crippen LogP contribution in [0.4, 0.5) is 0 Å². The minimum Gasteiger partial charge on any atom is -0.374 e. The quantitative estimate of drug-likeness (QED) is 0.430. The fourth-order valence-electron chi connectivity index (χ4n) is 4.51. The van der Waals surface area contributed by atoms with Crippen molar-refractivity contribution in [2.75, 3.05) is 6.61 Å². The van der Waals surface area contributed by atoms with E-state index in [0.717, 1.165) is 24.4 Å². The fourth-order valence-corrected chi connectivity index (χ4v) is 4.51. The number of hydrogen-bond acceptors (Lipinski definition) is 1. The first-order valence-electron chi connectivity index (χ1n) is 10.2. The van der Waals surface area contributed by atoms with Gasteiger partial charge in [-0.15, -0.1) is 6.58 Å². The van der Waals surface area contributed by atoms with Gasteiger partial charge in [0.05, 0.1) is 12.7 Å². The summed E-state index contributed by atoms with van der Waals surface area (Å²) in [6, 6.07) is 0. The van der Waals surface area contributed by atoms with E-state index in [1.54, 1.807) is 0 Å².